The Morgan fingerprint density at radius 2 is 2.04 bits per heavy atom. The molecule has 0 radical (unpaired) electrons. The number of nitrogens with one attached hydrogen (secondary N) is 1. The standard InChI is InChI=1S/C18H21N5O3.ClH/c1-24-15-6-5-12(10-16(15)25-2)17-20-18(26-22-17)14-7-9-23(21-14)13-4-3-8-19-11-13;/h5-7,9-10,13,19H,3-4,8,11H2,1-2H3;1H. The van der Waals surface area contributed by atoms with Gasteiger partial charge in [0.15, 0.2) is 17.2 Å². The molecule has 144 valence electrons. The van der Waals surface area contributed by atoms with Gasteiger partial charge in [-0.15, -0.1) is 12.4 Å². The van der Waals surface area contributed by atoms with Crippen molar-refractivity contribution in [3.8, 4) is 34.5 Å². The molecule has 4 rings (SSSR count). The van der Waals surface area contributed by atoms with Crippen LogP contribution in [0.3, 0.4) is 0 Å². The van der Waals surface area contributed by atoms with Crippen molar-refractivity contribution in [2.75, 3.05) is 27.3 Å². The van der Waals surface area contributed by atoms with Gasteiger partial charge in [0.1, 0.15) is 0 Å². The maximum Gasteiger partial charge on any atom is 0.278 e. The molecular formula is C18H22ClN5O3. The molecular weight excluding hydrogens is 370 g/mol. The summed E-state index contributed by atoms with van der Waals surface area (Å²) in [4.78, 5) is 4.47. The largest absolute Gasteiger partial charge is 0.493 e. The molecule has 0 saturated carbocycles. The van der Waals surface area contributed by atoms with Crippen LogP contribution < -0.4 is 14.8 Å². The number of methoxy groups -OCH3 is 2. The SMILES string of the molecule is COc1ccc(-c2noc(-c3ccn(C4CCCNC4)n3)n2)cc1OC.Cl. The second-order valence-electron chi connectivity index (χ2n) is 6.17. The quantitative estimate of drug-likeness (QED) is 0.715. The van der Waals surface area contributed by atoms with Crippen molar-refractivity contribution in [2.24, 2.45) is 0 Å². The first-order valence-electron chi connectivity index (χ1n) is 8.61. The lowest BCUT2D eigenvalue weighted by Crippen LogP contribution is -2.31. The highest BCUT2D eigenvalue weighted by Crippen LogP contribution is 2.32. The Hall–Kier alpha value is -2.58. The van der Waals surface area contributed by atoms with E-state index in [1.165, 1.54) is 0 Å². The molecule has 1 N–H and O–H groups in total. The number of benzene rings is 1. The molecule has 1 aromatic carbocycles. The van der Waals surface area contributed by atoms with Crippen LogP contribution in [0.4, 0.5) is 0 Å². The van der Waals surface area contributed by atoms with Crippen molar-refractivity contribution in [1.82, 2.24) is 25.2 Å². The van der Waals surface area contributed by atoms with Crippen molar-refractivity contribution < 1.29 is 14.0 Å². The van der Waals surface area contributed by atoms with Crippen molar-refractivity contribution in [1.29, 1.82) is 0 Å². The van der Waals surface area contributed by atoms with E-state index in [-0.39, 0.29) is 12.4 Å². The summed E-state index contributed by atoms with van der Waals surface area (Å²) in [5.41, 5.74) is 1.46. The van der Waals surface area contributed by atoms with Crippen LogP contribution in [-0.2, 0) is 0 Å². The molecule has 0 aliphatic carbocycles. The second kappa shape index (κ2) is 8.41. The number of hydrogen-bond acceptors (Lipinski definition) is 7. The maximum atomic E-state index is 5.41. The molecule has 1 saturated heterocycles. The van der Waals surface area contributed by atoms with E-state index in [1.54, 1.807) is 14.2 Å². The number of aromatic nitrogens is 4. The third-order valence-corrected chi connectivity index (χ3v) is 4.54. The number of rotatable bonds is 5. The van der Waals surface area contributed by atoms with E-state index in [1.807, 2.05) is 35.1 Å². The molecule has 0 amide bonds. The predicted molar refractivity (Wildman–Crippen MR) is 102 cm³/mol. The fraction of sp³-hybridized carbons (Fsp3) is 0.389. The molecule has 0 spiro atoms. The molecule has 1 aliphatic heterocycles. The Morgan fingerprint density at radius 1 is 1.19 bits per heavy atom. The number of piperidine rings is 1. The zero-order chi connectivity index (χ0) is 17.9. The molecule has 1 atom stereocenters. The van der Waals surface area contributed by atoms with Gasteiger partial charge in [0.25, 0.3) is 5.89 Å². The molecule has 2 aromatic heterocycles. The Kier molecular flexibility index (Phi) is 5.98. The Labute approximate surface area is 163 Å². The van der Waals surface area contributed by atoms with Crippen molar-refractivity contribution >= 4 is 12.4 Å². The van der Waals surface area contributed by atoms with E-state index >= 15 is 0 Å². The highest BCUT2D eigenvalue weighted by molar-refractivity contribution is 5.85. The maximum absolute atomic E-state index is 5.41. The number of nitrogens with zero attached hydrogens (tertiary/aromatic N) is 4. The third kappa shape index (κ3) is 3.91. The van der Waals surface area contributed by atoms with Crippen molar-refractivity contribution in [3.05, 3.63) is 30.5 Å². The minimum absolute atomic E-state index is 0. The summed E-state index contributed by atoms with van der Waals surface area (Å²) in [6.07, 6.45) is 4.24. The van der Waals surface area contributed by atoms with Crippen LogP contribution in [0.1, 0.15) is 18.9 Å². The van der Waals surface area contributed by atoms with E-state index in [9.17, 15) is 0 Å². The summed E-state index contributed by atoms with van der Waals surface area (Å²) in [6.45, 7) is 2.00. The fourth-order valence-electron chi connectivity index (χ4n) is 3.13. The van der Waals surface area contributed by atoms with E-state index in [0.717, 1.165) is 31.5 Å². The van der Waals surface area contributed by atoms with E-state index < -0.39 is 0 Å². The molecule has 3 aromatic rings. The van der Waals surface area contributed by atoms with Crippen molar-refractivity contribution in [2.45, 2.75) is 18.9 Å². The van der Waals surface area contributed by atoms with Gasteiger partial charge < -0.3 is 19.3 Å². The minimum atomic E-state index is 0. The molecule has 0 bridgehead atoms. The van der Waals surface area contributed by atoms with Gasteiger partial charge in [-0.2, -0.15) is 10.1 Å². The van der Waals surface area contributed by atoms with Crippen LogP contribution in [0.5, 0.6) is 11.5 Å². The molecule has 1 fully saturated rings. The van der Waals surface area contributed by atoms with Gasteiger partial charge in [0, 0.05) is 18.3 Å². The predicted octanol–water partition coefficient (Wildman–Crippen LogP) is 2.96. The van der Waals surface area contributed by atoms with Gasteiger partial charge in [0.05, 0.1) is 20.3 Å². The normalized spacial score (nSPS) is 16.6. The molecule has 1 unspecified atom stereocenters. The summed E-state index contributed by atoms with van der Waals surface area (Å²) >= 11 is 0. The monoisotopic (exact) mass is 391 g/mol. The van der Waals surface area contributed by atoms with Crippen molar-refractivity contribution in [3.63, 3.8) is 0 Å². The summed E-state index contributed by atoms with van der Waals surface area (Å²) in [5, 5.41) is 12.1. The number of hydrogen-bond donors (Lipinski definition) is 1. The zero-order valence-corrected chi connectivity index (χ0v) is 16.0. The topological polar surface area (TPSA) is 87.2 Å². The summed E-state index contributed by atoms with van der Waals surface area (Å²) in [6, 6.07) is 7.77. The summed E-state index contributed by atoms with van der Waals surface area (Å²) in [5.74, 6) is 2.15. The van der Waals surface area contributed by atoms with Crippen LogP contribution in [0.25, 0.3) is 23.0 Å². The second-order valence-corrected chi connectivity index (χ2v) is 6.17. The molecule has 1 aliphatic rings. The van der Waals surface area contributed by atoms with Crippen LogP contribution in [0.15, 0.2) is 35.0 Å². The Bertz CT molecular complexity index is 889. The van der Waals surface area contributed by atoms with Gasteiger partial charge in [0.2, 0.25) is 5.82 Å². The zero-order valence-electron chi connectivity index (χ0n) is 15.2. The van der Waals surface area contributed by atoms with Crippen LogP contribution in [-0.4, -0.2) is 47.2 Å². The smallest absolute Gasteiger partial charge is 0.278 e. The van der Waals surface area contributed by atoms with Gasteiger partial charge in [-0.3, -0.25) is 4.68 Å². The lowest BCUT2D eigenvalue weighted by molar-refractivity contribution is 0.346. The molecule has 8 nitrogen and oxygen atoms in total. The number of ether oxygens (including phenoxy) is 2. The average Bonchev–Trinajstić information content (AvgIpc) is 3.37. The molecule has 27 heavy (non-hydrogen) atoms. The first-order chi connectivity index (χ1) is 12.8. The first-order valence-corrected chi connectivity index (χ1v) is 8.61. The van der Waals surface area contributed by atoms with E-state index in [2.05, 4.69) is 20.6 Å². The molecule has 3 heterocycles. The third-order valence-electron chi connectivity index (χ3n) is 4.54. The van der Waals surface area contributed by atoms with Gasteiger partial charge in [-0.05, 0) is 43.7 Å². The lowest BCUT2D eigenvalue weighted by atomic mass is 10.1. The Balaban J connectivity index is 0.00000210. The first kappa shape index (κ1) is 19.2. The van der Waals surface area contributed by atoms with Crippen LogP contribution in [0.2, 0.25) is 0 Å². The summed E-state index contributed by atoms with van der Waals surface area (Å²) in [7, 11) is 3.19. The minimum Gasteiger partial charge on any atom is -0.493 e. The fourth-order valence-corrected chi connectivity index (χ4v) is 3.13. The summed E-state index contributed by atoms with van der Waals surface area (Å²) < 4.78 is 18.0. The van der Waals surface area contributed by atoms with E-state index in [4.69, 9.17) is 14.0 Å². The highest BCUT2D eigenvalue weighted by atomic mass is 35.5. The number of halogens is 1. The lowest BCUT2D eigenvalue weighted by Gasteiger charge is -2.22. The molecule has 9 heteroatoms. The highest BCUT2D eigenvalue weighted by Gasteiger charge is 2.19. The van der Waals surface area contributed by atoms with Gasteiger partial charge in [-0.1, -0.05) is 5.16 Å². The van der Waals surface area contributed by atoms with Crippen LogP contribution in [0, 0.1) is 0 Å². The van der Waals surface area contributed by atoms with Crippen LogP contribution >= 0.6 is 12.4 Å². The Morgan fingerprint density at radius 3 is 2.78 bits per heavy atom. The average molecular weight is 392 g/mol. The van der Waals surface area contributed by atoms with E-state index in [0.29, 0.717) is 34.9 Å². The van der Waals surface area contributed by atoms with Gasteiger partial charge >= 0.3 is 0 Å². The van der Waals surface area contributed by atoms with Gasteiger partial charge in [-0.25, -0.2) is 0 Å².